The average molecular weight is 453 g/mol. The summed E-state index contributed by atoms with van der Waals surface area (Å²) in [6.07, 6.45) is 4.41. The first kappa shape index (κ1) is 23.1. The molecule has 0 radical (unpaired) electrons. The van der Waals surface area contributed by atoms with Crippen molar-refractivity contribution in [2.24, 2.45) is 0 Å². The van der Waals surface area contributed by atoms with Crippen LogP contribution in [0.2, 0.25) is 0 Å². The number of amides is 2. The fourth-order valence-electron chi connectivity index (χ4n) is 4.30. The molecule has 7 heteroatoms. The molecule has 2 aliphatic heterocycles. The summed E-state index contributed by atoms with van der Waals surface area (Å²) in [4.78, 5) is 26.5. The molecule has 2 aromatic rings. The molecule has 2 heterocycles. The Kier molecular flexibility index (Phi) is 7.83. The molecule has 0 spiro atoms. The predicted octanol–water partition coefficient (Wildman–Crippen LogP) is 3.95. The molecule has 2 aliphatic rings. The van der Waals surface area contributed by atoms with E-state index in [1.54, 1.807) is 7.11 Å². The summed E-state index contributed by atoms with van der Waals surface area (Å²) in [6.45, 7) is 2.37. The molecule has 1 saturated heterocycles. The fraction of sp³-hybridized carbons (Fsp3) is 0.462. The number of ether oxygens (including phenoxy) is 3. The van der Waals surface area contributed by atoms with Gasteiger partial charge in [0.05, 0.1) is 19.8 Å². The molecule has 0 bridgehead atoms. The van der Waals surface area contributed by atoms with Crippen molar-refractivity contribution in [1.29, 1.82) is 0 Å². The smallest absolute Gasteiger partial charge is 0.224 e. The van der Waals surface area contributed by atoms with E-state index in [9.17, 15) is 9.59 Å². The third kappa shape index (κ3) is 6.48. The molecular weight excluding hydrogens is 420 g/mol. The standard InChI is InChI=1S/C26H32N2O5/c1-31-21-6-2-5-19(15-21)17-28(18-23-7-3-13-33-23)26(30)8-4-14-32-22-10-11-24-20(16-22)9-12-25(29)27-24/h2,5-6,10-11,15-16,23H,3-4,7-9,12-14,17-18H2,1H3,(H,27,29). The van der Waals surface area contributed by atoms with Crippen molar-refractivity contribution >= 4 is 17.5 Å². The Hall–Kier alpha value is -3.06. The summed E-state index contributed by atoms with van der Waals surface area (Å²) in [5.74, 6) is 1.71. The van der Waals surface area contributed by atoms with Gasteiger partial charge in [-0.3, -0.25) is 9.59 Å². The number of anilines is 1. The van der Waals surface area contributed by atoms with Crippen molar-refractivity contribution in [2.75, 3.05) is 32.2 Å². The van der Waals surface area contributed by atoms with Crippen LogP contribution in [0, 0.1) is 0 Å². The van der Waals surface area contributed by atoms with Crippen LogP contribution in [-0.2, 0) is 27.3 Å². The highest BCUT2D eigenvalue weighted by Crippen LogP contribution is 2.27. The largest absolute Gasteiger partial charge is 0.497 e. The van der Waals surface area contributed by atoms with E-state index in [2.05, 4.69) is 5.32 Å². The second-order valence-electron chi connectivity index (χ2n) is 8.58. The molecule has 1 unspecified atom stereocenters. The summed E-state index contributed by atoms with van der Waals surface area (Å²) in [6, 6.07) is 13.5. The van der Waals surface area contributed by atoms with E-state index in [1.165, 1.54) is 0 Å². The number of nitrogens with one attached hydrogen (secondary N) is 1. The normalized spacial score (nSPS) is 17.2. The molecule has 1 N–H and O–H groups in total. The van der Waals surface area contributed by atoms with E-state index < -0.39 is 0 Å². The first-order valence-electron chi connectivity index (χ1n) is 11.7. The summed E-state index contributed by atoms with van der Waals surface area (Å²) in [7, 11) is 1.65. The van der Waals surface area contributed by atoms with Gasteiger partial charge >= 0.3 is 0 Å². The number of aryl methyl sites for hydroxylation is 1. The number of fused-ring (bicyclic) bond motifs is 1. The van der Waals surface area contributed by atoms with Crippen LogP contribution in [0.4, 0.5) is 5.69 Å². The maximum absolute atomic E-state index is 13.1. The minimum absolute atomic E-state index is 0.0520. The topological polar surface area (TPSA) is 77.1 Å². The van der Waals surface area contributed by atoms with Crippen molar-refractivity contribution < 1.29 is 23.8 Å². The van der Waals surface area contributed by atoms with Crippen molar-refractivity contribution in [3.05, 3.63) is 53.6 Å². The number of hydrogen-bond acceptors (Lipinski definition) is 5. The average Bonchev–Trinajstić information content (AvgIpc) is 3.34. The van der Waals surface area contributed by atoms with Gasteiger partial charge in [0, 0.05) is 38.2 Å². The highest BCUT2D eigenvalue weighted by molar-refractivity contribution is 5.94. The van der Waals surface area contributed by atoms with Crippen LogP contribution in [0.25, 0.3) is 0 Å². The maximum atomic E-state index is 13.1. The zero-order valence-electron chi connectivity index (χ0n) is 19.2. The van der Waals surface area contributed by atoms with Gasteiger partial charge in [0.25, 0.3) is 0 Å². The Morgan fingerprint density at radius 1 is 1.18 bits per heavy atom. The number of methoxy groups -OCH3 is 1. The monoisotopic (exact) mass is 452 g/mol. The molecule has 0 aromatic heterocycles. The molecular formula is C26H32N2O5. The zero-order valence-corrected chi connectivity index (χ0v) is 19.2. The fourth-order valence-corrected chi connectivity index (χ4v) is 4.30. The Labute approximate surface area is 195 Å². The Morgan fingerprint density at radius 3 is 2.91 bits per heavy atom. The Morgan fingerprint density at radius 2 is 2.09 bits per heavy atom. The molecule has 7 nitrogen and oxygen atoms in total. The number of benzene rings is 2. The van der Waals surface area contributed by atoms with Crippen molar-refractivity contribution in [2.45, 2.75) is 51.2 Å². The SMILES string of the molecule is COc1cccc(CN(CC2CCCO2)C(=O)CCCOc2ccc3c(c2)CCC(=O)N3)c1. The lowest BCUT2D eigenvalue weighted by Gasteiger charge is -2.26. The van der Waals surface area contributed by atoms with Crippen molar-refractivity contribution in [1.82, 2.24) is 4.90 Å². The van der Waals surface area contributed by atoms with Gasteiger partial charge in [0.2, 0.25) is 11.8 Å². The summed E-state index contributed by atoms with van der Waals surface area (Å²) in [5.41, 5.74) is 2.98. The van der Waals surface area contributed by atoms with E-state index in [-0.39, 0.29) is 17.9 Å². The molecule has 2 amide bonds. The zero-order chi connectivity index (χ0) is 23.0. The Bertz CT molecular complexity index is 971. The third-order valence-corrected chi connectivity index (χ3v) is 6.08. The maximum Gasteiger partial charge on any atom is 0.224 e. The Balaban J connectivity index is 1.30. The van der Waals surface area contributed by atoms with Gasteiger partial charge in [-0.1, -0.05) is 12.1 Å². The van der Waals surface area contributed by atoms with Gasteiger partial charge in [-0.25, -0.2) is 0 Å². The highest BCUT2D eigenvalue weighted by Gasteiger charge is 2.23. The van der Waals surface area contributed by atoms with Crippen LogP contribution in [0.5, 0.6) is 11.5 Å². The quantitative estimate of drug-likeness (QED) is 0.553. The first-order valence-corrected chi connectivity index (χ1v) is 11.7. The summed E-state index contributed by atoms with van der Waals surface area (Å²) < 4.78 is 17.0. The lowest BCUT2D eigenvalue weighted by molar-refractivity contribution is -0.133. The summed E-state index contributed by atoms with van der Waals surface area (Å²) >= 11 is 0. The minimum atomic E-state index is 0.0520. The van der Waals surface area contributed by atoms with Crippen molar-refractivity contribution in [3.8, 4) is 11.5 Å². The van der Waals surface area contributed by atoms with Crippen LogP contribution in [0.1, 0.15) is 43.2 Å². The number of rotatable bonds is 10. The second-order valence-corrected chi connectivity index (χ2v) is 8.58. The second kappa shape index (κ2) is 11.2. The number of carbonyl (C=O) groups excluding carboxylic acids is 2. The lowest BCUT2D eigenvalue weighted by Crippen LogP contribution is -2.37. The number of hydrogen-bond donors (Lipinski definition) is 1. The van der Waals surface area contributed by atoms with Crippen LogP contribution in [-0.4, -0.2) is 49.7 Å². The van der Waals surface area contributed by atoms with E-state index in [1.807, 2.05) is 47.4 Å². The van der Waals surface area contributed by atoms with Gasteiger partial charge in [0.1, 0.15) is 11.5 Å². The van der Waals surface area contributed by atoms with Gasteiger partial charge < -0.3 is 24.4 Å². The van der Waals surface area contributed by atoms with Crippen LogP contribution < -0.4 is 14.8 Å². The van der Waals surface area contributed by atoms with E-state index in [0.29, 0.717) is 39.0 Å². The molecule has 1 atom stereocenters. The molecule has 0 aliphatic carbocycles. The van der Waals surface area contributed by atoms with Crippen LogP contribution in [0.15, 0.2) is 42.5 Å². The van der Waals surface area contributed by atoms with E-state index in [0.717, 1.165) is 54.2 Å². The first-order chi connectivity index (χ1) is 16.1. The molecule has 4 rings (SSSR count). The molecule has 0 saturated carbocycles. The lowest BCUT2D eigenvalue weighted by atomic mass is 10.0. The van der Waals surface area contributed by atoms with Gasteiger partial charge in [0.15, 0.2) is 0 Å². The number of carbonyl (C=O) groups is 2. The molecule has 33 heavy (non-hydrogen) atoms. The van der Waals surface area contributed by atoms with Crippen molar-refractivity contribution in [3.63, 3.8) is 0 Å². The van der Waals surface area contributed by atoms with Gasteiger partial charge in [-0.2, -0.15) is 0 Å². The molecule has 1 fully saturated rings. The number of nitrogens with zero attached hydrogens (tertiary/aromatic N) is 1. The molecule has 2 aromatic carbocycles. The highest BCUT2D eigenvalue weighted by atomic mass is 16.5. The van der Waals surface area contributed by atoms with Gasteiger partial charge in [-0.15, -0.1) is 0 Å². The van der Waals surface area contributed by atoms with E-state index in [4.69, 9.17) is 14.2 Å². The van der Waals surface area contributed by atoms with Gasteiger partial charge in [-0.05, 0) is 67.1 Å². The minimum Gasteiger partial charge on any atom is -0.497 e. The predicted molar refractivity (Wildman–Crippen MR) is 126 cm³/mol. The summed E-state index contributed by atoms with van der Waals surface area (Å²) in [5, 5.41) is 2.88. The molecule has 176 valence electrons. The van der Waals surface area contributed by atoms with Crippen LogP contribution >= 0.6 is 0 Å². The van der Waals surface area contributed by atoms with Crippen LogP contribution in [0.3, 0.4) is 0 Å². The van der Waals surface area contributed by atoms with E-state index >= 15 is 0 Å². The third-order valence-electron chi connectivity index (χ3n) is 6.08.